The molecular formula is C15H22N4OS. The molecule has 21 heavy (non-hydrogen) atoms. The first-order valence-corrected chi connectivity index (χ1v) is 8.50. The standard InChI is InChI=1S/C15H22N4OS/c16-15(18-6-2-1-3-7-18)17-10-14(20)19-8-4-13-12(11-19)5-9-21-13/h5,9H,1-4,6-8,10-11H2,(H2,16,17). The first kappa shape index (κ1) is 14.4. The number of nitrogens with two attached hydrogens (primary N) is 1. The number of carbonyl (C=O) groups excluding carboxylic acids is 1. The van der Waals surface area contributed by atoms with Gasteiger partial charge in [0, 0.05) is 31.1 Å². The fourth-order valence-electron chi connectivity index (χ4n) is 2.93. The lowest BCUT2D eigenvalue weighted by Gasteiger charge is -2.28. The average Bonchev–Trinajstić information content (AvgIpc) is 3.00. The van der Waals surface area contributed by atoms with Crippen molar-refractivity contribution < 1.29 is 4.79 Å². The third-order valence-corrected chi connectivity index (χ3v) is 5.24. The Kier molecular flexibility index (Phi) is 4.43. The number of carbonyl (C=O) groups is 1. The predicted molar refractivity (Wildman–Crippen MR) is 85.4 cm³/mol. The summed E-state index contributed by atoms with van der Waals surface area (Å²) >= 11 is 1.78. The number of guanidine groups is 1. The highest BCUT2D eigenvalue weighted by atomic mass is 32.1. The Bertz CT molecular complexity index is 534. The van der Waals surface area contributed by atoms with Crippen LogP contribution in [0.15, 0.2) is 16.4 Å². The zero-order valence-corrected chi connectivity index (χ0v) is 13.1. The second kappa shape index (κ2) is 6.47. The van der Waals surface area contributed by atoms with Crippen molar-refractivity contribution >= 4 is 23.2 Å². The van der Waals surface area contributed by atoms with E-state index in [0.717, 1.165) is 45.4 Å². The maximum atomic E-state index is 12.3. The summed E-state index contributed by atoms with van der Waals surface area (Å²) in [5.41, 5.74) is 7.28. The average molecular weight is 306 g/mol. The first-order chi connectivity index (χ1) is 10.2. The molecule has 1 amide bonds. The van der Waals surface area contributed by atoms with Crippen molar-refractivity contribution in [1.82, 2.24) is 9.80 Å². The molecular weight excluding hydrogens is 284 g/mol. The summed E-state index contributed by atoms with van der Waals surface area (Å²) in [6.07, 6.45) is 4.55. The number of nitrogens with zero attached hydrogens (tertiary/aromatic N) is 3. The smallest absolute Gasteiger partial charge is 0.244 e. The Morgan fingerprint density at radius 3 is 2.86 bits per heavy atom. The highest BCUT2D eigenvalue weighted by molar-refractivity contribution is 7.10. The molecule has 0 radical (unpaired) electrons. The molecule has 1 saturated heterocycles. The molecule has 2 N–H and O–H groups in total. The Balaban J connectivity index is 1.54. The number of hydrogen-bond donors (Lipinski definition) is 1. The summed E-state index contributed by atoms with van der Waals surface area (Å²) in [4.78, 5) is 22.0. The maximum Gasteiger partial charge on any atom is 0.244 e. The summed E-state index contributed by atoms with van der Waals surface area (Å²) < 4.78 is 0. The van der Waals surface area contributed by atoms with Crippen LogP contribution in [-0.2, 0) is 17.8 Å². The van der Waals surface area contributed by atoms with E-state index in [1.165, 1.54) is 16.9 Å². The normalized spacial score (nSPS) is 19.5. The molecule has 1 aromatic heterocycles. The van der Waals surface area contributed by atoms with Crippen LogP contribution in [0.5, 0.6) is 0 Å². The molecule has 3 heterocycles. The van der Waals surface area contributed by atoms with Crippen LogP contribution in [0.3, 0.4) is 0 Å². The number of hydrogen-bond acceptors (Lipinski definition) is 3. The molecule has 6 heteroatoms. The largest absolute Gasteiger partial charge is 0.370 e. The summed E-state index contributed by atoms with van der Waals surface area (Å²) in [6.45, 7) is 3.61. The van der Waals surface area contributed by atoms with Gasteiger partial charge in [-0.25, -0.2) is 4.99 Å². The summed E-state index contributed by atoms with van der Waals surface area (Å²) in [5, 5.41) is 2.10. The van der Waals surface area contributed by atoms with Gasteiger partial charge in [0.05, 0.1) is 0 Å². The molecule has 5 nitrogen and oxygen atoms in total. The monoisotopic (exact) mass is 306 g/mol. The molecule has 0 spiro atoms. The number of rotatable bonds is 2. The Hall–Kier alpha value is -1.56. The van der Waals surface area contributed by atoms with E-state index in [1.807, 2.05) is 4.90 Å². The van der Waals surface area contributed by atoms with Crippen LogP contribution < -0.4 is 5.73 Å². The van der Waals surface area contributed by atoms with Crippen molar-refractivity contribution in [3.05, 3.63) is 21.9 Å². The molecule has 0 aliphatic carbocycles. The van der Waals surface area contributed by atoms with Gasteiger partial charge in [0.1, 0.15) is 6.54 Å². The Morgan fingerprint density at radius 2 is 2.05 bits per heavy atom. The highest BCUT2D eigenvalue weighted by Gasteiger charge is 2.21. The minimum Gasteiger partial charge on any atom is -0.370 e. The number of piperidine rings is 1. The lowest BCUT2D eigenvalue weighted by atomic mass is 10.1. The van der Waals surface area contributed by atoms with Crippen molar-refractivity contribution in [2.75, 3.05) is 26.2 Å². The van der Waals surface area contributed by atoms with Crippen molar-refractivity contribution in [2.24, 2.45) is 10.7 Å². The van der Waals surface area contributed by atoms with Gasteiger partial charge in [-0.2, -0.15) is 0 Å². The predicted octanol–water partition coefficient (Wildman–Crippen LogP) is 1.43. The molecule has 1 fully saturated rings. The molecule has 2 aliphatic rings. The quantitative estimate of drug-likeness (QED) is 0.664. The third kappa shape index (κ3) is 3.37. The minimum absolute atomic E-state index is 0.0757. The van der Waals surface area contributed by atoms with Gasteiger partial charge >= 0.3 is 0 Å². The van der Waals surface area contributed by atoms with Crippen molar-refractivity contribution in [1.29, 1.82) is 0 Å². The second-order valence-corrected chi connectivity index (χ2v) is 6.66. The van der Waals surface area contributed by atoms with E-state index < -0.39 is 0 Å². The highest BCUT2D eigenvalue weighted by Crippen LogP contribution is 2.23. The molecule has 0 unspecified atom stereocenters. The van der Waals surface area contributed by atoms with E-state index in [4.69, 9.17) is 5.73 Å². The van der Waals surface area contributed by atoms with Crippen LogP contribution in [0, 0.1) is 0 Å². The summed E-state index contributed by atoms with van der Waals surface area (Å²) in [6, 6.07) is 2.12. The number of thiophene rings is 1. The molecule has 0 bridgehead atoms. The maximum absolute atomic E-state index is 12.3. The van der Waals surface area contributed by atoms with Crippen LogP contribution in [0.1, 0.15) is 29.7 Å². The van der Waals surface area contributed by atoms with Crippen molar-refractivity contribution in [3.8, 4) is 0 Å². The van der Waals surface area contributed by atoms with Crippen LogP contribution in [-0.4, -0.2) is 47.8 Å². The van der Waals surface area contributed by atoms with E-state index in [2.05, 4.69) is 21.3 Å². The molecule has 114 valence electrons. The van der Waals surface area contributed by atoms with Gasteiger partial charge in [-0.05, 0) is 42.7 Å². The van der Waals surface area contributed by atoms with E-state index >= 15 is 0 Å². The first-order valence-electron chi connectivity index (χ1n) is 7.62. The van der Waals surface area contributed by atoms with Gasteiger partial charge in [0.15, 0.2) is 5.96 Å². The molecule has 1 aromatic rings. The van der Waals surface area contributed by atoms with Gasteiger partial charge in [-0.1, -0.05) is 0 Å². The van der Waals surface area contributed by atoms with E-state index in [0.29, 0.717) is 5.96 Å². The SMILES string of the molecule is NC(=NCC(=O)N1CCc2sccc2C1)N1CCCCC1. The molecule has 0 saturated carbocycles. The van der Waals surface area contributed by atoms with Crippen molar-refractivity contribution in [2.45, 2.75) is 32.2 Å². The zero-order chi connectivity index (χ0) is 14.7. The number of fused-ring (bicyclic) bond motifs is 1. The fraction of sp³-hybridized carbons (Fsp3) is 0.600. The van der Waals surface area contributed by atoms with Crippen molar-refractivity contribution in [3.63, 3.8) is 0 Å². The van der Waals surface area contributed by atoms with Crippen LogP contribution >= 0.6 is 11.3 Å². The molecule has 0 aromatic carbocycles. The lowest BCUT2D eigenvalue weighted by Crippen LogP contribution is -2.42. The summed E-state index contributed by atoms with van der Waals surface area (Å²) in [7, 11) is 0. The Labute approximate surface area is 129 Å². The zero-order valence-electron chi connectivity index (χ0n) is 12.3. The van der Waals surface area contributed by atoms with Crippen LogP contribution in [0.2, 0.25) is 0 Å². The fourth-order valence-corrected chi connectivity index (χ4v) is 3.82. The van der Waals surface area contributed by atoms with E-state index in [9.17, 15) is 4.79 Å². The molecule has 3 rings (SSSR count). The molecule has 0 atom stereocenters. The minimum atomic E-state index is 0.0757. The van der Waals surface area contributed by atoms with Gasteiger partial charge in [0.2, 0.25) is 5.91 Å². The topological polar surface area (TPSA) is 61.9 Å². The van der Waals surface area contributed by atoms with Crippen LogP contribution in [0.25, 0.3) is 0 Å². The van der Waals surface area contributed by atoms with Gasteiger partial charge < -0.3 is 15.5 Å². The Morgan fingerprint density at radius 1 is 1.24 bits per heavy atom. The van der Waals surface area contributed by atoms with Gasteiger partial charge in [-0.15, -0.1) is 11.3 Å². The molecule has 2 aliphatic heterocycles. The van der Waals surface area contributed by atoms with E-state index in [1.54, 1.807) is 11.3 Å². The lowest BCUT2D eigenvalue weighted by molar-refractivity contribution is -0.130. The van der Waals surface area contributed by atoms with E-state index in [-0.39, 0.29) is 12.5 Å². The third-order valence-electron chi connectivity index (χ3n) is 4.22. The summed E-state index contributed by atoms with van der Waals surface area (Å²) in [5.74, 6) is 0.600. The number of amides is 1. The van der Waals surface area contributed by atoms with Gasteiger partial charge in [-0.3, -0.25) is 4.79 Å². The van der Waals surface area contributed by atoms with Crippen LogP contribution in [0.4, 0.5) is 0 Å². The number of aliphatic imine (C=N–C) groups is 1. The number of likely N-dealkylation sites (tertiary alicyclic amines) is 1. The van der Waals surface area contributed by atoms with Gasteiger partial charge in [0.25, 0.3) is 0 Å². The second-order valence-electron chi connectivity index (χ2n) is 5.66.